The molecule has 1 aromatic rings. The molecule has 1 saturated carbocycles. The largest absolute Gasteiger partial charge is 0.393 e. The SMILES string of the molecule is Cc1[nH]c(=O)sc1S(=O)(=O)N(C)CC1CC(O)C1. The number of aliphatic hydroxyl groups is 1. The fourth-order valence-corrected chi connectivity index (χ4v) is 4.82. The van der Waals surface area contributed by atoms with Gasteiger partial charge in [-0.3, -0.25) is 4.79 Å². The first kappa shape index (κ1) is 13.7. The van der Waals surface area contributed by atoms with Gasteiger partial charge in [-0.2, -0.15) is 4.31 Å². The molecule has 0 saturated heterocycles. The highest BCUT2D eigenvalue weighted by molar-refractivity contribution is 7.91. The predicted molar refractivity (Wildman–Crippen MR) is 68.2 cm³/mol. The first-order valence-electron chi connectivity index (χ1n) is 5.65. The van der Waals surface area contributed by atoms with E-state index in [9.17, 15) is 18.3 Å². The van der Waals surface area contributed by atoms with Crippen LogP contribution >= 0.6 is 11.3 Å². The number of nitrogens with one attached hydrogen (secondary N) is 1. The van der Waals surface area contributed by atoms with E-state index in [2.05, 4.69) is 4.98 Å². The number of thiazole rings is 1. The van der Waals surface area contributed by atoms with Gasteiger partial charge in [-0.1, -0.05) is 11.3 Å². The maximum atomic E-state index is 12.2. The second-order valence-corrected chi connectivity index (χ2v) is 7.93. The number of H-pyrrole nitrogens is 1. The highest BCUT2D eigenvalue weighted by Crippen LogP contribution is 2.29. The van der Waals surface area contributed by atoms with Gasteiger partial charge in [-0.25, -0.2) is 8.42 Å². The molecule has 1 heterocycles. The Morgan fingerprint density at radius 3 is 2.56 bits per heavy atom. The Balaban J connectivity index is 2.15. The van der Waals surface area contributed by atoms with Gasteiger partial charge < -0.3 is 10.1 Å². The van der Waals surface area contributed by atoms with Crippen LogP contribution in [0.5, 0.6) is 0 Å². The maximum absolute atomic E-state index is 12.2. The molecule has 1 aliphatic rings. The summed E-state index contributed by atoms with van der Waals surface area (Å²) in [5, 5.41) is 9.19. The third kappa shape index (κ3) is 2.51. The average molecular weight is 292 g/mol. The lowest BCUT2D eigenvalue weighted by atomic mass is 9.82. The summed E-state index contributed by atoms with van der Waals surface area (Å²) < 4.78 is 25.8. The van der Waals surface area contributed by atoms with Crippen LogP contribution < -0.4 is 4.87 Å². The minimum atomic E-state index is -3.60. The van der Waals surface area contributed by atoms with Crippen LogP contribution in [0.1, 0.15) is 18.5 Å². The topological polar surface area (TPSA) is 90.5 Å². The van der Waals surface area contributed by atoms with E-state index >= 15 is 0 Å². The lowest BCUT2D eigenvalue weighted by molar-refractivity contribution is 0.0367. The molecule has 6 nitrogen and oxygen atoms in total. The van der Waals surface area contributed by atoms with Crippen molar-refractivity contribution in [1.82, 2.24) is 9.29 Å². The molecule has 0 amide bonds. The summed E-state index contributed by atoms with van der Waals surface area (Å²) in [4.78, 5) is 13.3. The number of hydrogen-bond donors (Lipinski definition) is 2. The van der Waals surface area contributed by atoms with E-state index in [4.69, 9.17) is 0 Å². The second kappa shape index (κ2) is 4.76. The van der Waals surface area contributed by atoms with Gasteiger partial charge in [-0.05, 0) is 25.7 Å². The Morgan fingerprint density at radius 1 is 1.50 bits per heavy atom. The summed E-state index contributed by atoms with van der Waals surface area (Å²) in [6.45, 7) is 1.96. The van der Waals surface area contributed by atoms with Gasteiger partial charge in [-0.15, -0.1) is 0 Å². The summed E-state index contributed by atoms with van der Waals surface area (Å²) in [5.74, 6) is 0.204. The number of aromatic nitrogens is 1. The van der Waals surface area contributed by atoms with E-state index in [-0.39, 0.29) is 21.1 Å². The molecule has 0 bridgehead atoms. The minimum absolute atomic E-state index is 0.0786. The minimum Gasteiger partial charge on any atom is -0.393 e. The maximum Gasteiger partial charge on any atom is 0.305 e. The number of rotatable bonds is 4. The van der Waals surface area contributed by atoms with Gasteiger partial charge >= 0.3 is 4.87 Å². The summed E-state index contributed by atoms with van der Waals surface area (Å²) in [6, 6.07) is 0. The quantitative estimate of drug-likeness (QED) is 0.825. The Hall–Kier alpha value is -0.700. The van der Waals surface area contributed by atoms with E-state index in [1.807, 2.05) is 0 Å². The van der Waals surface area contributed by atoms with Crippen molar-refractivity contribution in [3.63, 3.8) is 0 Å². The summed E-state index contributed by atoms with van der Waals surface area (Å²) in [5.41, 5.74) is 0.380. The Morgan fingerprint density at radius 2 is 2.11 bits per heavy atom. The number of hydrogen-bond acceptors (Lipinski definition) is 5. The zero-order chi connectivity index (χ0) is 13.5. The number of aliphatic hydroxyl groups excluding tert-OH is 1. The third-order valence-electron chi connectivity index (χ3n) is 3.15. The molecular formula is C10H16N2O4S2. The van der Waals surface area contributed by atoms with Gasteiger partial charge in [0.2, 0.25) is 0 Å². The van der Waals surface area contributed by atoms with Crippen LogP contribution in [0.15, 0.2) is 9.00 Å². The monoisotopic (exact) mass is 292 g/mol. The van der Waals surface area contributed by atoms with Crippen molar-refractivity contribution in [2.45, 2.75) is 30.1 Å². The Labute approximate surface area is 109 Å². The lowest BCUT2D eigenvalue weighted by Crippen LogP contribution is -2.39. The number of aromatic amines is 1. The van der Waals surface area contributed by atoms with Crippen LogP contribution in [-0.4, -0.2) is 42.5 Å². The molecule has 18 heavy (non-hydrogen) atoms. The van der Waals surface area contributed by atoms with E-state index in [1.54, 1.807) is 6.92 Å². The molecule has 0 aromatic carbocycles. The van der Waals surface area contributed by atoms with Crippen LogP contribution in [0, 0.1) is 12.8 Å². The van der Waals surface area contributed by atoms with Crippen LogP contribution in [0.2, 0.25) is 0 Å². The molecule has 1 aliphatic carbocycles. The van der Waals surface area contributed by atoms with Crippen molar-refractivity contribution in [3.05, 3.63) is 15.4 Å². The van der Waals surface area contributed by atoms with E-state index in [0.717, 1.165) is 0 Å². The van der Waals surface area contributed by atoms with E-state index in [1.165, 1.54) is 11.4 Å². The van der Waals surface area contributed by atoms with Gasteiger partial charge in [0.1, 0.15) is 0 Å². The van der Waals surface area contributed by atoms with Crippen molar-refractivity contribution >= 4 is 21.4 Å². The first-order chi connectivity index (χ1) is 8.30. The molecule has 2 N–H and O–H groups in total. The Bertz CT molecular complexity index is 583. The fourth-order valence-electron chi connectivity index (χ4n) is 2.09. The predicted octanol–water partition coefficient (Wildman–Crippen LogP) is 0.136. The van der Waals surface area contributed by atoms with Crippen molar-refractivity contribution < 1.29 is 13.5 Å². The standard InChI is InChI=1S/C10H16N2O4S2/c1-6-9(17-10(14)11-6)18(15,16)12(2)5-7-3-8(13)4-7/h7-8,13H,3-5H2,1-2H3,(H,11,14). The second-order valence-electron chi connectivity index (χ2n) is 4.70. The molecule has 0 aliphatic heterocycles. The van der Waals surface area contributed by atoms with Gasteiger partial charge in [0.05, 0.1) is 6.10 Å². The van der Waals surface area contributed by atoms with Crippen molar-refractivity contribution in [2.24, 2.45) is 5.92 Å². The lowest BCUT2D eigenvalue weighted by Gasteiger charge is -2.33. The smallest absolute Gasteiger partial charge is 0.305 e. The first-order valence-corrected chi connectivity index (χ1v) is 7.90. The molecule has 0 unspecified atom stereocenters. The molecule has 0 radical (unpaired) electrons. The normalized spacial score (nSPS) is 24.2. The van der Waals surface area contributed by atoms with Gasteiger partial charge in [0, 0.05) is 19.3 Å². The molecule has 0 atom stereocenters. The summed E-state index contributed by atoms with van der Waals surface area (Å²) in [7, 11) is -2.09. The Kier molecular flexibility index (Phi) is 3.63. The van der Waals surface area contributed by atoms with Gasteiger partial charge in [0.25, 0.3) is 10.0 Å². The molecular weight excluding hydrogens is 276 g/mol. The fraction of sp³-hybridized carbons (Fsp3) is 0.700. The van der Waals surface area contributed by atoms with Crippen molar-refractivity contribution in [2.75, 3.05) is 13.6 Å². The van der Waals surface area contributed by atoms with Gasteiger partial charge in [0.15, 0.2) is 4.21 Å². The molecule has 1 fully saturated rings. The van der Waals surface area contributed by atoms with Crippen LogP contribution in [0.4, 0.5) is 0 Å². The van der Waals surface area contributed by atoms with Crippen molar-refractivity contribution in [3.8, 4) is 0 Å². The molecule has 8 heteroatoms. The van der Waals surface area contributed by atoms with Crippen LogP contribution in [0.25, 0.3) is 0 Å². The summed E-state index contributed by atoms with van der Waals surface area (Å²) >= 11 is 0.713. The molecule has 102 valence electrons. The van der Waals surface area contributed by atoms with Crippen LogP contribution in [0.3, 0.4) is 0 Å². The summed E-state index contributed by atoms with van der Waals surface area (Å²) in [6.07, 6.45) is 0.987. The number of aryl methyl sites for hydroxylation is 1. The zero-order valence-electron chi connectivity index (χ0n) is 10.2. The number of sulfonamides is 1. The van der Waals surface area contributed by atoms with E-state index in [0.29, 0.717) is 36.4 Å². The van der Waals surface area contributed by atoms with E-state index < -0.39 is 10.0 Å². The molecule has 1 aromatic heterocycles. The average Bonchev–Trinajstić information content (AvgIpc) is 2.56. The highest BCUT2D eigenvalue weighted by Gasteiger charge is 2.33. The zero-order valence-corrected chi connectivity index (χ0v) is 11.8. The third-order valence-corrected chi connectivity index (χ3v) is 6.56. The van der Waals surface area contributed by atoms with Crippen LogP contribution in [-0.2, 0) is 10.0 Å². The highest BCUT2D eigenvalue weighted by atomic mass is 32.2. The molecule has 2 rings (SSSR count). The number of nitrogens with zero attached hydrogens (tertiary/aromatic N) is 1. The molecule has 0 spiro atoms. The van der Waals surface area contributed by atoms with Crippen molar-refractivity contribution in [1.29, 1.82) is 0 Å².